The summed E-state index contributed by atoms with van der Waals surface area (Å²) in [7, 11) is 0. The molecule has 0 amide bonds. The topological polar surface area (TPSA) is 50.9 Å². The van der Waals surface area contributed by atoms with Gasteiger partial charge in [0.25, 0.3) is 0 Å². The molecule has 1 heterocycles. The Labute approximate surface area is 107 Å². The molecule has 0 fully saturated rings. The minimum absolute atomic E-state index is 0.110. The van der Waals surface area contributed by atoms with Crippen LogP contribution in [0, 0.1) is 11.8 Å². The van der Waals surface area contributed by atoms with E-state index in [-0.39, 0.29) is 6.04 Å². The average Bonchev–Trinajstić information content (AvgIpc) is 2.43. The molecule has 0 aliphatic rings. The van der Waals surface area contributed by atoms with Gasteiger partial charge in [0.2, 0.25) is 0 Å². The smallest absolute Gasteiger partial charge is 0.0705 e. The third kappa shape index (κ3) is 2.67. The number of benzene rings is 1. The Kier molecular flexibility index (Phi) is 4.30. The van der Waals surface area contributed by atoms with E-state index in [4.69, 9.17) is 5.84 Å². The summed E-state index contributed by atoms with van der Waals surface area (Å²) < 4.78 is 0. The van der Waals surface area contributed by atoms with Crippen LogP contribution in [0.25, 0.3) is 10.9 Å². The average molecular weight is 239 g/mol. The van der Waals surface area contributed by atoms with Crippen LogP contribution in [0.4, 0.5) is 0 Å². The summed E-state index contributed by atoms with van der Waals surface area (Å²) in [4.78, 5) is 4.36. The quantitative estimate of drug-likeness (QED) is 0.490. The molecule has 3 N–H and O–H groups in total. The highest BCUT2D eigenvalue weighted by molar-refractivity contribution is 5.82. The Morgan fingerprint density at radius 2 is 2.17 bits per heavy atom. The molecule has 3 heteroatoms. The largest absolute Gasteiger partial charge is 0.271 e. The lowest BCUT2D eigenvalue weighted by molar-refractivity contribution is 0.527. The van der Waals surface area contributed by atoms with Gasteiger partial charge in [0.05, 0.1) is 5.52 Å². The summed E-state index contributed by atoms with van der Waals surface area (Å²) in [6.45, 7) is 1.85. The van der Waals surface area contributed by atoms with Crippen LogP contribution in [0.5, 0.6) is 0 Å². The number of fused-ring (bicyclic) bond motifs is 1. The van der Waals surface area contributed by atoms with Crippen molar-refractivity contribution in [1.29, 1.82) is 0 Å². The van der Waals surface area contributed by atoms with E-state index >= 15 is 0 Å². The molecule has 0 saturated heterocycles. The molecule has 3 nitrogen and oxygen atoms in total. The highest BCUT2D eigenvalue weighted by Crippen LogP contribution is 2.25. The van der Waals surface area contributed by atoms with Gasteiger partial charge in [0.15, 0.2) is 0 Å². The van der Waals surface area contributed by atoms with Crippen molar-refractivity contribution in [1.82, 2.24) is 10.4 Å². The number of hydrogen-bond donors (Lipinski definition) is 2. The normalized spacial score (nSPS) is 11.9. The number of hydrazine groups is 1. The maximum atomic E-state index is 5.66. The van der Waals surface area contributed by atoms with Crippen LogP contribution in [0.2, 0.25) is 0 Å². The van der Waals surface area contributed by atoms with Gasteiger partial charge in [-0.1, -0.05) is 18.2 Å². The van der Waals surface area contributed by atoms with E-state index in [2.05, 4.69) is 28.3 Å². The van der Waals surface area contributed by atoms with Gasteiger partial charge in [-0.15, -0.1) is 11.8 Å². The molecule has 0 radical (unpaired) electrons. The van der Waals surface area contributed by atoms with E-state index in [0.29, 0.717) is 0 Å². The lowest BCUT2D eigenvalue weighted by atomic mass is 9.99. The van der Waals surface area contributed by atoms with E-state index in [1.54, 1.807) is 0 Å². The molecule has 1 aromatic heterocycles. The number of nitrogens with one attached hydrogen (secondary N) is 1. The summed E-state index contributed by atoms with van der Waals surface area (Å²) in [5, 5.41) is 1.15. The van der Waals surface area contributed by atoms with Gasteiger partial charge < -0.3 is 0 Å². The summed E-state index contributed by atoms with van der Waals surface area (Å²) in [5.41, 5.74) is 5.05. The fraction of sp³-hybridized carbons (Fsp3) is 0.267. The van der Waals surface area contributed by atoms with Crippen molar-refractivity contribution in [3.8, 4) is 11.8 Å². The molecule has 0 aliphatic carbocycles. The lowest BCUT2D eigenvalue weighted by Gasteiger charge is -2.16. The Hall–Kier alpha value is -1.89. The first-order valence-electron chi connectivity index (χ1n) is 6.06. The zero-order valence-corrected chi connectivity index (χ0v) is 10.5. The molecular weight excluding hydrogens is 222 g/mol. The van der Waals surface area contributed by atoms with Crippen LogP contribution < -0.4 is 11.3 Å². The highest BCUT2D eigenvalue weighted by Gasteiger charge is 2.12. The molecule has 0 spiro atoms. The summed E-state index contributed by atoms with van der Waals surface area (Å²) in [6.07, 6.45) is 3.56. The number of hydrogen-bond acceptors (Lipinski definition) is 3. The van der Waals surface area contributed by atoms with Crippen LogP contribution in [-0.4, -0.2) is 4.98 Å². The van der Waals surface area contributed by atoms with Gasteiger partial charge in [0.1, 0.15) is 0 Å². The van der Waals surface area contributed by atoms with E-state index < -0.39 is 0 Å². The number of nitrogens with zero attached hydrogens (tertiary/aromatic N) is 1. The SMILES string of the molecule is CC#CCCC(NN)c1ccnc2ccccc12. The van der Waals surface area contributed by atoms with Gasteiger partial charge in [-0.3, -0.25) is 16.3 Å². The first-order chi connectivity index (χ1) is 8.86. The number of rotatable bonds is 4. The lowest BCUT2D eigenvalue weighted by Crippen LogP contribution is -2.28. The van der Waals surface area contributed by atoms with Crippen molar-refractivity contribution in [2.24, 2.45) is 5.84 Å². The molecular formula is C15H17N3. The minimum atomic E-state index is 0.110. The highest BCUT2D eigenvalue weighted by atomic mass is 15.2. The van der Waals surface area contributed by atoms with Crippen molar-refractivity contribution in [3.05, 3.63) is 42.1 Å². The van der Waals surface area contributed by atoms with Crippen LogP contribution in [0.1, 0.15) is 31.4 Å². The van der Waals surface area contributed by atoms with Crippen molar-refractivity contribution in [3.63, 3.8) is 0 Å². The van der Waals surface area contributed by atoms with Crippen molar-refractivity contribution in [2.75, 3.05) is 0 Å². The molecule has 1 unspecified atom stereocenters. The van der Waals surface area contributed by atoms with Gasteiger partial charge >= 0.3 is 0 Å². The van der Waals surface area contributed by atoms with Crippen molar-refractivity contribution in [2.45, 2.75) is 25.8 Å². The Balaban J connectivity index is 2.34. The molecule has 0 saturated carbocycles. The van der Waals surface area contributed by atoms with E-state index in [0.717, 1.165) is 23.7 Å². The van der Waals surface area contributed by atoms with E-state index in [1.165, 1.54) is 5.56 Å². The molecule has 2 rings (SSSR count). The second kappa shape index (κ2) is 6.15. The molecule has 0 aliphatic heterocycles. The van der Waals surface area contributed by atoms with Crippen LogP contribution in [0.15, 0.2) is 36.5 Å². The summed E-state index contributed by atoms with van der Waals surface area (Å²) in [6, 6.07) is 10.2. The molecule has 18 heavy (non-hydrogen) atoms. The molecule has 92 valence electrons. The second-order valence-corrected chi connectivity index (χ2v) is 4.10. The summed E-state index contributed by atoms with van der Waals surface area (Å²) in [5.74, 6) is 11.6. The number of nitrogens with two attached hydrogens (primary N) is 1. The maximum Gasteiger partial charge on any atom is 0.0705 e. The monoisotopic (exact) mass is 239 g/mol. The second-order valence-electron chi connectivity index (χ2n) is 4.10. The minimum Gasteiger partial charge on any atom is -0.271 e. The Morgan fingerprint density at radius 3 is 2.94 bits per heavy atom. The predicted octanol–water partition coefficient (Wildman–Crippen LogP) is 2.54. The van der Waals surface area contributed by atoms with Crippen LogP contribution >= 0.6 is 0 Å². The first-order valence-corrected chi connectivity index (χ1v) is 6.06. The Bertz CT molecular complexity index is 576. The molecule has 2 aromatic rings. The fourth-order valence-corrected chi connectivity index (χ4v) is 2.09. The predicted molar refractivity (Wildman–Crippen MR) is 74.5 cm³/mol. The van der Waals surface area contributed by atoms with Crippen molar-refractivity contribution < 1.29 is 0 Å². The van der Waals surface area contributed by atoms with E-state index in [1.807, 2.05) is 37.4 Å². The van der Waals surface area contributed by atoms with Crippen molar-refractivity contribution >= 4 is 10.9 Å². The standard InChI is InChI=1S/C15H17N3/c1-2-3-4-9-15(18-16)13-10-11-17-14-8-6-5-7-12(13)14/h5-8,10-11,15,18H,4,9,16H2,1H3. The third-order valence-corrected chi connectivity index (χ3v) is 2.99. The van der Waals surface area contributed by atoms with Crippen LogP contribution in [0.3, 0.4) is 0 Å². The van der Waals surface area contributed by atoms with Gasteiger partial charge in [0, 0.05) is 24.0 Å². The van der Waals surface area contributed by atoms with Gasteiger partial charge in [-0.25, -0.2) is 0 Å². The Morgan fingerprint density at radius 1 is 1.33 bits per heavy atom. The van der Waals surface area contributed by atoms with Gasteiger partial charge in [-0.2, -0.15) is 0 Å². The maximum absolute atomic E-state index is 5.66. The molecule has 1 aromatic carbocycles. The molecule has 0 bridgehead atoms. The fourth-order valence-electron chi connectivity index (χ4n) is 2.09. The zero-order chi connectivity index (χ0) is 12.8. The van der Waals surface area contributed by atoms with Gasteiger partial charge in [-0.05, 0) is 31.0 Å². The zero-order valence-electron chi connectivity index (χ0n) is 10.5. The summed E-state index contributed by atoms with van der Waals surface area (Å²) >= 11 is 0. The number of para-hydroxylation sites is 1. The number of pyridine rings is 1. The van der Waals surface area contributed by atoms with Crippen LogP contribution in [-0.2, 0) is 0 Å². The third-order valence-electron chi connectivity index (χ3n) is 2.99. The first kappa shape index (κ1) is 12.6. The van der Waals surface area contributed by atoms with E-state index in [9.17, 15) is 0 Å². The molecule has 1 atom stereocenters. The number of aromatic nitrogens is 1.